The van der Waals surface area contributed by atoms with E-state index in [1.165, 1.54) is 17.0 Å². The number of aromatic nitrogens is 1. The Bertz CT molecular complexity index is 1200. The zero-order chi connectivity index (χ0) is 29.0. The molecule has 11 heteroatoms. The Balaban J connectivity index is 2.03. The molecule has 1 aliphatic carbocycles. The maximum atomic E-state index is 13.7. The highest BCUT2D eigenvalue weighted by Gasteiger charge is 2.36. The zero-order valence-electron chi connectivity index (χ0n) is 22.6. The van der Waals surface area contributed by atoms with Crippen molar-refractivity contribution in [2.45, 2.75) is 65.2 Å². The highest BCUT2D eigenvalue weighted by molar-refractivity contribution is 6.05. The molecular formula is C28H33F3N2O6. The number of anilines is 1. The standard InChI is InChI=1S/C28H33F3N2O6/c1-17-8-10-18(11-9-17)25(35)33(16-23(34)39-27(2,3)4)22-13-12-19(15-20(22)26(36)37-5)38-24-21(28(29,30)31)7-6-14-32-24/h6-7,12-15,17-18H,8-11,16H2,1-5H3/t17-,18-. The molecule has 0 unspecified atom stereocenters. The van der Waals surface area contributed by atoms with E-state index in [2.05, 4.69) is 11.9 Å². The van der Waals surface area contributed by atoms with Gasteiger partial charge in [0.05, 0.1) is 18.4 Å². The van der Waals surface area contributed by atoms with E-state index in [1.807, 2.05) is 0 Å². The highest BCUT2D eigenvalue weighted by atomic mass is 19.4. The Kier molecular flexibility index (Phi) is 9.24. The smallest absolute Gasteiger partial charge is 0.421 e. The van der Waals surface area contributed by atoms with Crippen LogP contribution >= 0.6 is 0 Å². The molecule has 0 bridgehead atoms. The first-order valence-corrected chi connectivity index (χ1v) is 12.6. The molecule has 0 N–H and O–H groups in total. The Morgan fingerprint density at radius 3 is 2.31 bits per heavy atom. The third-order valence-electron chi connectivity index (χ3n) is 6.29. The first-order valence-electron chi connectivity index (χ1n) is 12.6. The van der Waals surface area contributed by atoms with Crippen LogP contribution in [0.15, 0.2) is 36.5 Å². The summed E-state index contributed by atoms with van der Waals surface area (Å²) in [6, 6.07) is 5.75. The molecule has 1 fully saturated rings. The molecule has 39 heavy (non-hydrogen) atoms. The monoisotopic (exact) mass is 550 g/mol. The molecule has 1 aromatic heterocycles. The average molecular weight is 551 g/mol. The number of ether oxygens (including phenoxy) is 3. The molecule has 1 aliphatic rings. The lowest BCUT2D eigenvalue weighted by Crippen LogP contribution is -2.43. The van der Waals surface area contributed by atoms with Gasteiger partial charge in [-0.15, -0.1) is 0 Å². The Hall–Kier alpha value is -3.63. The van der Waals surface area contributed by atoms with Crippen molar-refractivity contribution in [3.05, 3.63) is 47.7 Å². The molecule has 0 saturated heterocycles. The van der Waals surface area contributed by atoms with Crippen molar-refractivity contribution in [2.75, 3.05) is 18.6 Å². The number of pyridine rings is 1. The van der Waals surface area contributed by atoms with Crippen LogP contribution in [0.3, 0.4) is 0 Å². The lowest BCUT2D eigenvalue weighted by atomic mass is 9.82. The van der Waals surface area contributed by atoms with Gasteiger partial charge in [0, 0.05) is 12.1 Å². The van der Waals surface area contributed by atoms with E-state index in [-0.39, 0.29) is 28.8 Å². The number of amides is 1. The maximum absolute atomic E-state index is 13.7. The fraction of sp³-hybridized carbons (Fsp3) is 0.500. The summed E-state index contributed by atoms with van der Waals surface area (Å²) in [4.78, 5) is 44.2. The van der Waals surface area contributed by atoms with Gasteiger partial charge in [-0.25, -0.2) is 9.78 Å². The van der Waals surface area contributed by atoms with Gasteiger partial charge in [0.15, 0.2) is 0 Å². The van der Waals surface area contributed by atoms with Crippen LogP contribution in [0.2, 0.25) is 0 Å². The molecule has 0 atom stereocenters. The van der Waals surface area contributed by atoms with E-state index in [9.17, 15) is 27.6 Å². The third-order valence-corrected chi connectivity index (χ3v) is 6.29. The topological polar surface area (TPSA) is 95.0 Å². The summed E-state index contributed by atoms with van der Waals surface area (Å²) in [6.07, 6.45) is -0.633. The molecule has 0 radical (unpaired) electrons. The Labute approximate surface area is 225 Å². The normalized spacial score (nSPS) is 17.7. The van der Waals surface area contributed by atoms with E-state index in [4.69, 9.17) is 14.2 Å². The fourth-order valence-corrected chi connectivity index (χ4v) is 4.40. The lowest BCUT2D eigenvalue weighted by Gasteiger charge is -2.32. The minimum Gasteiger partial charge on any atom is -0.465 e. The van der Waals surface area contributed by atoms with Gasteiger partial charge in [-0.2, -0.15) is 13.2 Å². The van der Waals surface area contributed by atoms with Crippen molar-refractivity contribution in [1.82, 2.24) is 4.98 Å². The van der Waals surface area contributed by atoms with E-state index in [0.717, 1.165) is 44.3 Å². The summed E-state index contributed by atoms with van der Waals surface area (Å²) in [5, 5.41) is 0. The predicted molar refractivity (Wildman–Crippen MR) is 136 cm³/mol. The quantitative estimate of drug-likeness (QED) is 0.380. The van der Waals surface area contributed by atoms with Gasteiger partial charge in [-0.1, -0.05) is 6.92 Å². The summed E-state index contributed by atoms with van der Waals surface area (Å²) in [5.74, 6) is -2.63. The van der Waals surface area contributed by atoms with E-state index in [0.29, 0.717) is 18.8 Å². The number of hydrogen-bond acceptors (Lipinski definition) is 7. The maximum Gasteiger partial charge on any atom is 0.421 e. The molecule has 1 aromatic carbocycles. The van der Waals surface area contributed by atoms with Gasteiger partial charge in [0.2, 0.25) is 11.8 Å². The van der Waals surface area contributed by atoms with E-state index in [1.54, 1.807) is 20.8 Å². The summed E-state index contributed by atoms with van der Waals surface area (Å²) in [6.45, 7) is 6.72. The number of benzene rings is 1. The lowest BCUT2D eigenvalue weighted by molar-refractivity contribution is -0.153. The second-order valence-electron chi connectivity index (χ2n) is 10.6. The molecule has 212 valence electrons. The van der Waals surface area contributed by atoms with Gasteiger partial charge in [-0.05, 0) is 82.7 Å². The summed E-state index contributed by atoms with van der Waals surface area (Å²) < 4.78 is 56.0. The van der Waals surface area contributed by atoms with E-state index >= 15 is 0 Å². The number of carbonyl (C=O) groups excluding carboxylic acids is 3. The zero-order valence-corrected chi connectivity index (χ0v) is 22.6. The second kappa shape index (κ2) is 12.0. The number of esters is 2. The van der Waals surface area contributed by atoms with Crippen LogP contribution in [-0.2, 0) is 25.2 Å². The van der Waals surface area contributed by atoms with Gasteiger partial charge < -0.3 is 19.1 Å². The number of hydrogen-bond donors (Lipinski definition) is 0. The molecular weight excluding hydrogens is 517 g/mol. The number of halogens is 3. The van der Waals surface area contributed by atoms with Crippen molar-refractivity contribution >= 4 is 23.5 Å². The molecule has 1 saturated carbocycles. The summed E-state index contributed by atoms with van der Waals surface area (Å²) >= 11 is 0. The first kappa shape index (κ1) is 29.9. The largest absolute Gasteiger partial charge is 0.465 e. The minimum atomic E-state index is -4.72. The van der Waals surface area contributed by atoms with Crippen LogP contribution in [0.5, 0.6) is 11.6 Å². The number of methoxy groups -OCH3 is 1. The van der Waals surface area contributed by atoms with Crippen molar-refractivity contribution in [1.29, 1.82) is 0 Å². The van der Waals surface area contributed by atoms with Crippen LogP contribution in [0, 0.1) is 11.8 Å². The van der Waals surface area contributed by atoms with Gasteiger partial charge in [0.1, 0.15) is 23.5 Å². The van der Waals surface area contributed by atoms with Crippen LogP contribution in [0.25, 0.3) is 0 Å². The molecule has 1 amide bonds. The number of rotatable bonds is 7. The van der Waals surface area contributed by atoms with Gasteiger partial charge >= 0.3 is 18.1 Å². The molecule has 2 aromatic rings. The van der Waals surface area contributed by atoms with Crippen molar-refractivity contribution in [2.24, 2.45) is 11.8 Å². The van der Waals surface area contributed by atoms with Gasteiger partial charge in [-0.3, -0.25) is 9.59 Å². The first-order chi connectivity index (χ1) is 18.2. The van der Waals surface area contributed by atoms with Crippen molar-refractivity contribution < 1.29 is 41.8 Å². The van der Waals surface area contributed by atoms with Crippen molar-refractivity contribution in [3.8, 4) is 11.6 Å². The molecule has 3 rings (SSSR count). The van der Waals surface area contributed by atoms with Gasteiger partial charge in [0.25, 0.3) is 0 Å². The molecule has 1 heterocycles. The van der Waals surface area contributed by atoms with E-state index < -0.39 is 41.7 Å². The van der Waals surface area contributed by atoms with Crippen LogP contribution in [0.4, 0.5) is 18.9 Å². The number of nitrogens with zero attached hydrogens (tertiary/aromatic N) is 2. The molecule has 0 aliphatic heterocycles. The summed E-state index contributed by atoms with van der Waals surface area (Å²) in [5.41, 5.74) is -2.02. The average Bonchev–Trinajstić information content (AvgIpc) is 2.85. The third kappa shape index (κ3) is 7.93. The molecule has 0 spiro atoms. The predicted octanol–water partition coefficient (Wildman–Crippen LogP) is 6.18. The highest BCUT2D eigenvalue weighted by Crippen LogP contribution is 2.38. The molecule has 8 nitrogen and oxygen atoms in total. The van der Waals surface area contributed by atoms with Crippen LogP contribution in [0.1, 0.15) is 69.3 Å². The SMILES string of the molecule is COC(=O)c1cc(Oc2ncccc2C(F)(F)F)ccc1N(CC(=O)OC(C)(C)C)C(=O)[C@H]1CC[C@H](C)CC1. The Morgan fingerprint density at radius 1 is 1.05 bits per heavy atom. The van der Waals surface area contributed by atoms with Crippen LogP contribution in [-0.4, -0.2) is 42.1 Å². The number of carbonyl (C=O) groups is 3. The minimum absolute atomic E-state index is 0.0562. The summed E-state index contributed by atoms with van der Waals surface area (Å²) in [7, 11) is 1.13. The second-order valence-corrected chi connectivity index (χ2v) is 10.6. The number of alkyl halides is 3. The fourth-order valence-electron chi connectivity index (χ4n) is 4.40. The van der Waals surface area contributed by atoms with Crippen LogP contribution < -0.4 is 9.64 Å². The van der Waals surface area contributed by atoms with Crippen molar-refractivity contribution in [3.63, 3.8) is 0 Å². The Morgan fingerprint density at radius 2 is 1.72 bits per heavy atom.